The van der Waals surface area contributed by atoms with E-state index < -0.39 is 0 Å². The summed E-state index contributed by atoms with van der Waals surface area (Å²) in [7, 11) is 0. The van der Waals surface area contributed by atoms with Crippen LogP contribution in [0.25, 0.3) is 0 Å². The number of aryl methyl sites for hydroxylation is 1. The molecule has 4 N–H and O–H groups in total. The highest BCUT2D eigenvalue weighted by molar-refractivity contribution is 5.96. The highest BCUT2D eigenvalue weighted by Crippen LogP contribution is 2.14. The van der Waals surface area contributed by atoms with Crippen molar-refractivity contribution >= 4 is 11.6 Å². The fraction of sp³-hybridized carbons (Fsp3) is 0.500. The monoisotopic (exact) mass is 250 g/mol. The van der Waals surface area contributed by atoms with Gasteiger partial charge < -0.3 is 16.2 Å². The standard InChI is InChI=1S/C14H22N2O2/c1-9(2)13(6-7-17)16-14(18)12-5-4-11(15)8-10(12)3/h4-5,8-9,13,17H,6-7,15H2,1-3H3,(H,16,18). The lowest BCUT2D eigenvalue weighted by atomic mass is 10.00. The van der Waals surface area contributed by atoms with Crippen LogP contribution in [-0.2, 0) is 0 Å². The van der Waals surface area contributed by atoms with E-state index in [0.29, 0.717) is 17.7 Å². The first-order chi connectivity index (χ1) is 8.45. The minimum Gasteiger partial charge on any atom is -0.399 e. The van der Waals surface area contributed by atoms with Crippen LogP contribution in [0.5, 0.6) is 0 Å². The summed E-state index contributed by atoms with van der Waals surface area (Å²) in [5, 5.41) is 11.9. The maximum absolute atomic E-state index is 12.1. The lowest BCUT2D eigenvalue weighted by Gasteiger charge is -2.22. The molecule has 4 nitrogen and oxygen atoms in total. The van der Waals surface area contributed by atoms with Crippen LogP contribution in [0.3, 0.4) is 0 Å². The van der Waals surface area contributed by atoms with Crippen molar-refractivity contribution < 1.29 is 9.90 Å². The summed E-state index contributed by atoms with van der Waals surface area (Å²) in [5.74, 6) is 0.176. The van der Waals surface area contributed by atoms with Crippen molar-refractivity contribution in [3.05, 3.63) is 29.3 Å². The summed E-state index contributed by atoms with van der Waals surface area (Å²) >= 11 is 0. The van der Waals surface area contributed by atoms with Crippen molar-refractivity contribution in [1.29, 1.82) is 0 Å². The zero-order valence-corrected chi connectivity index (χ0v) is 11.2. The molecule has 4 heteroatoms. The number of anilines is 1. The van der Waals surface area contributed by atoms with Gasteiger partial charge in [-0.05, 0) is 43.0 Å². The molecule has 0 saturated heterocycles. The second-order valence-corrected chi connectivity index (χ2v) is 4.91. The molecule has 0 aliphatic heterocycles. The first-order valence-corrected chi connectivity index (χ1v) is 6.23. The zero-order valence-electron chi connectivity index (χ0n) is 11.2. The van der Waals surface area contributed by atoms with Crippen LogP contribution in [0.2, 0.25) is 0 Å². The van der Waals surface area contributed by atoms with E-state index in [-0.39, 0.29) is 24.5 Å². The Morgan fingerprint density at radius 3 is 2.61 bits per heavy atom. The first-order valence-electron chi connectivity index (χ1n) is 6.23. The van der Waals surface area contributed by atoms with Gasteiger partial charge in [0.25, 0.3) is 5.91 Å². The van der Waals surface area contributed by atoms with Gasteiger partial charge in [-0.2, -0.15) is 0 Å². The summed E-state index contributed by atoms with van der Waals surface area (Å²) in [4.78, 5) is 12.1. The maximum atomic E-state index is 12.1. The molecular formula is C14H22N2O2. The molecule has 0 aliphatic rings. The van der Waals surface area contributed by atoms with Gasteiger partial charge in [0.2, 0.25) is 0 Å². The number of aliphatic hydroxyl groups is 1. The van der Waals surface area contributed by atoms with Gasteiger partial charge in [0.15, 0.2) is 0 Å². The molecule has 0 saturated carbocycles. The van der Waals surface area contributed by atoms with E-state index in [1.807, 2.05) is 20.8 Å². The lowest BCUT2D eigenvalue weighted by Crippen LogP contribution is -2.39. The normalized spacial score (nSPS) is 12.5. The topological polar surface area (TPSA) is 75.4 Å². The third kappa shape index (κ3) is 3.74. The van der Waals surface area contributed by atoms with Gasteiger partial charge in [-0.15, -0.1) is 0 Å². The number of nitrogens with one attached hydrogen (secondary N) is 1. The second kappa shape index (κ2) is 6.40. The van der Waals surface area contributed by atoms with E-state index in [9.17, 15) is 4.79 Å². The fourth-order valence-corrected chi connectivity index (χ4v) is 1.90. The molecule has 0 radical (unpaired) electrons. The number of nitrogen functional groups attached to an aromatic ring is 1. The Kier molecular flexibility index (Phi) is 5.16. The number of hydrogen-bond donors (Lipinski definition) is 3. The number of benzene rings is 1. The number of aliphatic hydroxyl groups excluding tert-OH is 1. The van der Waals surface area contributed by atoms with E-state index in [1.165, 1.54) is 0 Å². The summed E-state index contributed by atoms with van der Waals surface area (Å²) in [6.07, 6.45) is 0.567. The Morgan fingerprint density at radius 2 is 2.11 bits per heavy atom. The quantitative estimate of drug-likeness (QED) is 0.696. The number of carbonyl (C=O) groups excluding carboxylic acids is 1. The predicted molar refractivity (Wildman–Crippen MR) is 73.4 cm³/mol. The first kappa shape index (κ1) is 14.5. The highest BCUT2D eigenvalue weighted by Gasteiger charge is 2.17. The van der Waals surface area contributed by atoms with Crippen LogP contribution in [0.1, 0.15) is 36.2 Å². The van der Waals surface area contributed by atoms with Crippen molar-refractivity contribution in [2.24, 2.45) is 5.92 Å². The van der Waals surface area contributed by atoms with Crippen LogP contribution < -0.4 is 11.1 Å². The average Bonchev–Trinajstić information content (AvgIpc) is 2.27. The molecule has 18 heavy (non-hydrogen) atoms. The Bertz CT molecular complexity index is 416. The van der Waals surface area contributed by atoms with Gasteiger partial charge in [0.1, 0.15) is 0 Å². The molecule has 1 amide bonds. The van der Waals surface area contributed by atoms with Crippen LogP contribution >= 0.6 is 0 Å². The van der Waals surface area contributed by atoms with Gasteiger partial charge in [0, 0.05) is 23.9 Å². The van der Waals surface area contributed by atoms with Crippen LogP contribution in [0, 0.1) is 12.8 Å². The molecule has 0 aliphatic carbocycles. The number of nitrogens with two attached hydrogens (primary N) is 1. The molecular weight excluding hydrogens is 228 g/mol. The maximum Gasteiger partial charge on any atom is 0.251 e. The second-order valence-electron chi connectivity index (χ2n) is 4.91. The van der Waals surface area contributed by atoms with Crippen molar-refractivity contribution in [1.82, 2.24) is 5.32 Å². The van der Waals surface area contributed by atoms with E-state index >= 15 is 0 Å². The molecule has 0 spiro atoms. The average molecular weight is 250 g/mol. The molecule has 100 valence electrons. The summed E-state index contributed by atoms with van der Waals surface area (Å²) in [6, 6.07) is 5.22. The van der Waals surface area contributed by atoms with Crippen molar-refractivity contribution in [3.63, 3.8) is 0 Å². The van der Waals surface area contributed by atoms with Crippen LogP contribution in [0.15, 0.2) is 18.2 Å². The third-order valence-corrected chi connectivity index (χ3v) is 3.06. The van der Waals surface area contributed by atoms with Crippen molar-refractivity contribution in [2.75, 3.05) is 12.3 Å². The molecule has 0 fully saturated rings. The van der Waals surface area contributed by atoms with Crippen molar-refractivity contribution in [2.45, 2.75) is 33.2 Å². The Hall–Kier alpha value is -1.55. The Balaban J connectivity index is 2.80. The van der Waals surface area contributed by atoms with Gasteiger partial charge in [-0.3, -0.25) is 4.79 Å². The van der Waals surface area contributed by atoms with E-state index in [4.69, 9.17) is 10.8 Å². The minimum atomic E-state index is -0.111. The molecule has 0 heterocycles. The number of hydrogen-bond acceptors (Lipinski definition) is 3. The van der Waals surface area contributed by atoms with E-state index in [1.54, 1.807) is 18.2 Å². The highest BCUT2D eigenvalue weighted by atomic mass is 16.3. The van der Waals surface area contributed by atoms with E-state index in [2.05, 4.69) is 5.32 Å². The van der Waals surface area contributed by atoms with E-state index in [0.717, 1.165) is 5.56 Å². The number of amides is 1. The van der Waals surface area contributed by atoms with Gasteiger partial charge >= 0.3 is 0 Å². The SMILES string of the molecule is Cc1cc(N)ccc1C(=O)NC(CCO)C(C)C. The molecule has 0 aromatic heterocycles. The van der Waals surface area contributed by atoms with Crippen LogP contribution in [-0.4, -0.2) is 23.7 Å². The predicted octanol–water partition coefficient (Wildman–Crippen LogP) is 1.71. The fourth-order valence-electron chi connectivity index (χ4n) is 1.90. The smallest absolute Gasteiger partial charge is 0.251 e. The van der Waals surface area contributed by atoms with Crippen LogP contribution in [0.4, 0.5) is 5.69 Å². The van der Waals surface area contributed by atoms with Crippen molar-refractivity contribution in [3.8, 4) is 0 Å². The third-order valence-electron chi connectivity index (χ3n) is 3.06. The largest absolute Gasteiger partial charge is 0.399 e. The Morgan fingerprint density at radius 1 is 1.44 bits per heavy atom. The molecule has 1 unspecified atom stereocenters. The zero-order chi connectivity index (χ0) is 13.7. The number of carbonyl (C=O) groups is 1. The van der Waals surface area contributed by atoms with Gasteiger partial charge in [-0.1, -0.05) is 13.8 Å². The number of rotatable bonds is 5. The molecule has 1 rings (SSSR count). The molecule has 1 atom stereocenters. The lowest BCUT2D eigenvalue weighted by molar-refractivity contribution is 0.0916. The summed E-state index contributed by atoms with van der Waals surface area (Å²) < 4.78 is 0. The Labute approximate surface area is 108 Å². The van der Waals surface area contributed by atoms with Gasteiger partial charge in [0.05, 0.1) is 0 Å². The molecule has 1 aromatic rings. The van der Waals surface area contributed by atoms with Gasteiger partial charge in [-0.25, -0.2) is 0 Å². The molecule has 1 aromatic carbocycles. The minimum absolute atomic E-state index is 0.0144. The molecule has 0 bridgehead atoms. The summed E-state index contributed by atoms with van der Waals surface area (Å²) in [5.41, 5.74) is 7.81. The summed E-state index contributed by atoms with van der Waals surface area (Å²) in [6.45, 7) is 5.98.